The van der Waals surface area contributed by atoms with Gasteiger partial charge in [0.2, 0.25) is 0 Å². The summed E-state index contributed by atoms with van der Waals surface area (Å²) in [5.41, 5.74) is 2.81. The molecular weight excluding hydrogens is 314 g/mol. The maximum Gasteiger partial charge on any atom is 0.272 e. The number of amides is 1. The molecule has 1 aliphatic rings. The number of likely N-dealkylation sites (tertiary alicyclic amines) is 1. The fourth-order valence-corrected chi connectivity index (χ4v) is 3.43. The van der Waals surface area contributed by atoms with Gasteiger partial charge in [-0.3, -0.25) is 9.48 Å². The third-order valence-electron chi connectivity index (χ3n) is 4.85. The molecule has 134 valence electrons. The van der Waals surface area contributed by atoms with Gasteiger partial charge in [0.15, 0.2) is 0 Å². The molecule has 0 spiro atoms. The largest absolute Gasteiger partial charge is 0.373 e. The average molecular weight is 341 g/mol. The molecule has 0 bridgehead atoms. The summed E-state index contributed by atoms with van der Waals surface area (Å²) in [6, 6.07) is 6.10. The highest BCUT2D eigenvalue weighted by molar-refractivity contribution is 5.93. The van der Waals surface area contributed by atoms with Crippen LogP contribution in [0.25, 0.3) is 0 Å². The maximum absolute atomic E-state index is 13.2. The van der Waals surface area contributed by atoms with Crippen LogP contribution >= 0.6 is 0 Å². The van der Waals surface area contributed by atoms with Crippen LogP contribution in [-0.2, 0) is 6.54 Å². The summed E-state index contributed by atoms with van der Waals surface area (Å²) in [5.74, 6) is 1.22. The van der Waals surface area contributed by atoms with Gasteiger partial charge in [0, 0.05) is 26.3 Å². The van der Waals surface area contributed by atoms with Gasteiger partial charge >= 0.3 is 0 Å². The molecule has 3 rings (SSSR count). The Morgan fingerprint density at radius 2 is 2.20 bits per heavy atom. The lowest BCUT2D eigenvalue weighted by atomic mass is 10.1. The lowest BCUT2D eigenvalue weighted by molar-refractivity contribution is 0.0723. The molecule has 3 heterocycles. The summed E-state index contributed by atoms with van der Waals surface area (Å²) < 4.78 is 1.83. The monoisotopic (exact) mass is 341 g/mol. The van der Waals surface area contributed by atoms with Crippen LogP contribution in [0.2, 0.25) is 0 Å². The van der Waals surface area contributed by atoms with E-state index in [0.29, 0.717) is 18.2 Å². The first-order chi connectivity index (χ1) is 12.0. The van der Waals surface area contributed by atoms with Crippen molar-refractivity contribution < 1.29 is 4.79 Å². The van der Waals surface area contributed by atoms with Crippen molar-refractivity contribution in [3.8, 4) is 0 Å². The van der Waals surface area contributed by atoms with Crippen LogP contribution in [0.15, 0.2) is 24.4 Å². The van der Waals surface area contributed by atoms with Crippen molar-refractivity contribution in [2.75, 3.05) is 18.9 Å². The van der Waals surface area contributed by atoms with Crippen molar-refractivity contribution in [3.63, 3.8) is 0 Å². The van der Waals surface area contributed by atoms with Gasteiger partial charge < -0.3 is 10.2 Å². The Hall–Kier alpha value is -2.37. The van der Waals surface area contributed by atoms with E-state index in [1.807, 2.05) is 41.8 Å². The summed E-state index contributed by atoms with van der Waals surface area (Å²) in [4.78, 5) is 19.5. The summed E-state index contributed by atoms with van der Waals surface area (Å²) >= 11 is 0. The lowest BCUT2D eigenvalue weighted by Crippen LogP contribution is -2.32. The molecule has 6 nitrogen and oxygen atoms in total. The van der Waals surface area contributed by atoms with Gasteiger partial charge in [-0.05, 0) is 49.4 Å². The van der Waals surface area contributed by atoms with E-state index in [4.69, 9.17) is 0 Å². The number of hydrogen-bond acceptors (Lipinski definition) is 4. The number of aromatic nitrogens is 3. The molecule has 1 atom stereocenters. The smallest absolute Gasteiger partial charge is 0.272 e. The number of anilines is 1. The Balaban J connectivity index is 1.90. The second kappa shape index (κ2) is 7.25. The Bertz CT molecular complexity index is 752. The molecule has 1 unspecified atom stereocenters. The van der Waals surface area contributed by atoms with Crippen molar-refractivity contribution in [1.29, 1.82) is 0 Å². The molecule has 0 aromatic carbocycles. The Labute approximate surface area is 149 Å². The summed E-state index contributed by atoms with van der Waals surface area (Å²) in [5, 5.41) is 7.67. The van der Waals surface area contributed by atoms with Gasteiger partial charge in [-0.1, -0.05) is 13.8 Å². The summed E-state index contributed by atoms with van der Waals surface area (Å²) in [7, 11) is 1.86. The van der Waals surface area contributed by atoms with Crippen LogP contribution in [-0.4, -0.2) is 39.2 Å². The number of nitrogens with zero attached hydrogens (tertiary/aromatic N) is 4. The van der Waals surface area contributed by atoms with Crippen molar-refractivity contribution in [3.05, 3.63) is 41.3 Å². The average Bonchev–Trinajstić information content (AvgIpc) is 3.28. The fraction of sp³-hybridized carbons (Fsp3) is 0.526. The zero-order chi connectivity index (χ0) is 18.0. The van der Waals surface area contributed by atoms with Crippen molar-refractivity contribution in [1.82, 2.24) is 19.7 Å². The number of hydrogen-bond donors (Lipinski definition) is 1. The molecule has 1 saturated heterocycles. The topological polar surface area (TPSA) is 63.1 Å². The number of pyridine rings is 1. The van der Waals surface area contributed by atoms with Gasteiger partial charge in [-0.2, -0.15) is 5.10 Å². The molecule has 1 aliphatic heterocycles. The van der Waals surface area contributed by atoms with Crippen molar-refractivity contribution >= 4 is 11.7 Å². The Morgan fingerprint density at radius 3 is 2.88 bits per heavy atom. The number of aryl methyl sites for hydroxylation is 1. The van der Waals surface area contributed by atoms with Crippen LogP contribution in [0.3, 0.4) is 0 Å². The minimum Gasteiger partial charge on any atom is -0.373 e. The van der Waals surface area contributed by atoms with Gasteiger partial charge in [-0.15, -0.1) is 0 Å². The van der Waals surface area contributed by atoms with E-state index >= 15 is 0 Å². The predicted octanol–water partition coefficient (Wildman–Crippen LogP) is 3.44. The molecule has 2 aromatic rings. The minimum atomic E-state index is 0.0755. The van der Waals surface area contributed by atoms with E-state index in [2.05, 4.69) is 29.2 Å². The molecule has 1 amide bonds. The molecule has 0 aliphatic carbocycles. The highest BCUT2D eigenvalue weighted by atomic mass is 16.2. The molecule has 25 heavy (non-hydrogen) atoms. The lowest BCUT2D eigenvalue weighted by Gasteiger charge is -2.25. The first kappa shape index (κ1) is 17.5. The molecule has 0 saturated carbocycles. The van der Waals surface area contributed by atoms with Crippen molar-refractivity contribution in [2.24, 2.45) is 0 Å². The third kappa shape index (κ3) is 3.38. The highest BCUT2D eigenvalue weighted by Gasteiger charge is 2.32. The number of rotatable bonds is 5. The first-order valence-electron chi connectivity index (χ1n) is 9.07. The summed E-state index contributed by atoms with van der Waals surface area (Å²) in [6.45, 7) is 7.71. The Morgan fingerprint density at radius 1 is 1.40 bits per heavy atom. The molecular formula is C19H27N5O. The van der Waals surface area contributed by atoms with Crippen LogP contribution in [0.4, 0.5) is 5.82 Å². The van der Waals surface area contributed by atoms with Gasteiger partial charge in [0.05, 0.1) is 11.7 Å². The molecule has 1 N–H and O–H groups in total. The van der Waals surface area contributed by atoms with E-state index < -0.39 is 0 Å². The van der Waals surface area contributed by atoms with E-state index in [-0.39, 0.29) is 11.9 Å². The van der Waals surface area contributed by atoms with Crippen LogP contribution in [0.5, 0.6) is 0 Å². The molecule has 1 fully saturated rings. The Kier molecular flexibility index (Phi) is 5.06. The SMILES string of the molecule is CCn1nc(C(C)C)cc1C(=O)N1CCCC1c1ccnc(NC)c1. The quantitative estimate of drug-likeness (QED) is 0.905. The highest BCUT2D eigenvalue weighted by Crippen LogP contribution is 2.34. The van der Waals surface area contributed by atoms with Gasteiger partial charge in [-0.25, -0.2) is 4.98 Å². The molecule has 0 radical (unpaired) electrons. The summed E-state index contributed by atoms with van der Waals surface area (Å²) in [6.07, 6.45) is 3.80. The number of carbonyl (C=O) groups excluding carboxylic acids is 1. The normalized spacial score (nSPS) is 17.3. The predicted molar refractivity (Wildman–Crippen MR) is 98.8 cm³/mol. The van der Waals surface area contributed by atoms with E-state index in [1.54, 1.807) is 6.20 Å². The van der Waals surface area contributed by atoms with Crippen LogP contribution in [0, 0.1) is 0 Å². The van der Waals surface area contributed by atoms with Crippen LogP contribution in [0.1, 0.15) is 67.3 Å². The van der Waals surface area contributed by atoms with Crippen LogP contribution < -0.4 is 5.32 Å². The van der Waals surface area contributed by atoms with Gasteiger partial charge in [0.1, 0.15) is 11.5 Å². The third-order valence-corrected chi connectivity index (χ3v) is 4.85. The molecule has 6 heteroatoms. The standard InChI is InChI=1S/C19H27N5O/c1-5-24-17(12-15(22-24)13(2)3)19(25)23-10-6-7-16(23)14-8-9-21-18(11-14)20-4/h8-9,11-13,16H,5-7,10H2,1-4H3,(H,20,21). The maximum atomic E-state index is 13.2. The second-order valence-electron chi connectivity index (χ2n) is 6.81. The minimum absolute atomic E-state index is 0.0755. The van der Waals surface area contributed by atoms with E-state index in [0.717, 1.165) is 36.5 Å². The zero-order valence-electron chi connectivity index (χ0n) is 15.5. The number of nitrogens with one attached hydrogen (secondary N) is 1. The van der Waals surface area contributed by atoms with E-state index in [9.17, 15) is 4.79 Å². The number of carbonyl (C=O) groups is 1. The van der Waals surface area contributed by atoms with Gasteiger partial charge in [0.25, 0.3) is 5.91 Å². The first-order valence-corrected chi connectivity index (χ1v) is 9.07. The fourth-order valence-electron chi connectivity index (χ4n) is 3.43. The van der Waals surface area contributed by atoms with E-state index in [1.165, 1.54) is 0 Å². The molecule has 2 aromatic heterocycles. The second-order valence-corrected chi connectivity index (χ2v) is 6.81. The zero-order valence-corrected chi connectivity index (χ0v) is 15.5. The van der Waals surface area contributed by atoms with Crippen molar-refractivity contribution in [2.45, 2.75) is 52.1 Å².